The zero-order chi connectivity index (χ0) is 24.3. The standard InChI is InChI=1S/C27H26N4O3S/c32-27(22-11-13-25(14-12-22)35(33,34)29-24-9-2-1-3-10-24)31-18-16-30(17-19-31)20-23-7-4-6-21-8-5-15-28-26(21)23/h1-15,29H,16-20H2. The lowest BCUT2D eigenvalue weighted by atomic mass is 10.1. The summed E-state index contributed by atoms with van der Waals surface area (Å²) in [5.74, 6) is -0.0866. The van der Waals surface area contributed by atoms with Crippen LogP contribution in [0.3, 0.4) is 0 Å². The van der Waals surface area contributed by atoms with Crippen LogP contribution >= 0.6 is 0 Å². The van der Waals surface area contributed by atoms with E-state index in [4.69, 9.17) is 0 Å². The molecule has 2 heterocycles. The molecule has 8 heteroatoms. The summed E-state index contributed by atoms with van der Waals surface area (Å²) in [5.41, 5.74) is 3.18. The number of aromatic nitrogens is 1. The van der Waals surface area contributed by atoms with Crippen molar-refractivity contribution in [2.24, 2.45) is 0 Å². The van der Waals surface area contributed by atoms with Gasteiger partial charge in [0.25, 0.3) is 15.9 Å². The summed E-state index contributed by atoms with van der Waals surface area (Å²) in [4.78, 5) is 21.8. The largest absolute Gasteiger partial charge is 0.336 e. The topological polar surface area (TPSA) is 82.6 Å². The van der Waals surface area contributed by atoms with Crippen molar-refractivity contribution in [1.29, 1.82) is 0 Å². The number of rotatable bonds is 6. The third-order valence-corrected chi connectivity index (χ3v) is 7.60. The predicted molar refractivity (Wildman–Crippen MR) is 137 cm³/mol. The van der Waals surface area contributed by atoms with Gasteiger partial charge in [-0.1, -0.05) is 42.5 Å². The Morgan fingerprint density at radius 3 is 2.29 bits per heavy atom. The summed E-state index contributed by atoms with van der Waals surface area (Å²) in [5, 5.41) is 1.13. The molecule has 0 saturated carbocycles. The molecule has 4 aromatic rings. The van der Waals surface area contributed by atoms with Crippen molar-refractivity contribution in [1.82, 2.24) is 14.8 Å². The van der Waals surface area contributed by atoms with E-state index in [0.717, 1.165) is 30.5 Å². The minimum atomic E-state index is -3.72. The lowest BCUT2D eigenvalue weighted by molar-refractivity contribution is 0.0628. The molecule has 0 radical (unpaired) electrons. The molecule has 1 aliphatic heterocycles. The zero-order valence-corrected chi connectivity index (χ0v) is 20.0. The molecule has 0 bridgehead atoms. The van der Waals surface area contributed by atoms with Gasteiger partial charge in [0.1, 0.15) is 0 Å². The molecule has 1 N–H and O–H groups in total. The number of benzene rings is 3. The molecular weight excluding hydrogens is 460 g/mol. The number of para-hydroxylation sites is 2. The number of hydrogen-bond donors (Lipinski definition) is 1. The molecule has 0 unspecified atom stereocenters. The van der Waals surface area contributed by atoms with Crippen LogP contribution in [0.5, 0.6) is 0 Å². The Labute approximate surface area is 205 Å². The monoisotopic (exact) mass is 486 g/mol. The molecule has 1 aliphatic rings. The van der Waals surface area contributed by atoms with E-state index in [1.807, 2.05) is 23.2 Å². The number of amides is 1. The van der Waals surface area contributed by atoms with Crippen molar-refractivity contribution in [2.45, 2.75) is 11.4 Å². The molecule has 3 aromatic carbocycles. The number of sulfonamides is 1. The Bertz CT molecular complexity index is 1430. The molecule has 1 fully saturated rings. The fourth-order valence-electron chi connectivity index (χ4n) is 4.32. The summed E-state index contributed by atoms with van der Waals surface area (Å²) in [6.45, 7) is 3.56. The van der Waals surface area contributed by atoms with Gasteiger partial charge in [0.15, 0.2) is 0 Å². The van der Waals surface area contributed by atoms with Gasteiger partial charge in [0.05, 0.1) is 10.4 Å². The normalized spacial score (nSPS) is 14.7. The Hall–Kier alpha value is -3.75. The van der Waals surface area contributed by atoms with E-state index < -0.39 is 10.0 Å². The van der Waals surface area contributed by atoms with Crippen molar-refractivity contribution in [2.75, 3.05) is 30.9 Å². The molecule has 1 saturated heterocycles. The predicted octanol–water partition coefficient (Wildman–Crippen LogP) is 3.99. The molecule has 1 amide bonds. The minimum Gasteiger partial charge on any atom is -0.336 e. The molecular formula is C27H26N4O3S. The van der Waals surface area contributed by atoms with Crippen LogP contribution in [0.4, 0.5) is 5.69 Å². The van der Waals surface area contributed by atoms with Crippen LogP contribution < -0.4 is 4.72 Å². The first kappa shape index (κ1) is 23.0. The van der Waals surface area contributed by atoms with Crippen LogP contribution in [-0.4, -0.2) is 55.3 Å². The van der Waals surface area contributed by atoms with E-state index in [9.17, 15) is 13.2 Å². The number of hydrogen-bond acceptors (Lipinski definition) is 5. The molecule has 1 aromatic heterocycles. The lowest BCUT2D eigenvalue weighted by Crippen LogP contribution is -2.48. The molecule has 178 valence electrons. The van der Waals surface area contributed by atoms with Gasteiger partial charge in [-0.15, -0.1) is 0 Å². The summed E-state index contributed by atoms with van der Waals surface area (Å²) >= 11 is 0. The summed E-state index contributed by atoms with van der Waals surface area (Å²) in [6.07, 6.45) is 1.82. The first-order valence-corrected chi connectivity index (χ1v) is 13.0. The quantitative estimate of drug-likeness (QED) is 0.446. The number of piperazine rings is 1. The molecule has 7 nitrogen and oxygen atoms in total. The van der Waals surface area contributed by atoms with Crippen LogP contribution in [0.25, 0.3) is 10.9 Å². The maximum atomic E-state index is 13.0. The minimum absolute atomic E-state index is 0.0866. The zero-order valence-electron chi connectivity index (χ0n) is 19.2. The number of nitrogens with one attached hydrogen (secondary N) is 1. The Kier molecular flexibility index (Phi) is 6.48. The SMILES string of the molecule is O=C(c1ccc(S(=O)(=O)Nc2ccccc2)cc1)N1CCN(Cc2cccc3cccnc23)CC1. The maximum absolute atomic E-state index is 13.0. The van der Waals surface area contributed by atoms with Gasteiger partial charge in [-0.2, -0.15) is 0 Å². The highest BCUT2D eigenvalue weighted by Crippen LogP contribution is 2.20. The Morgan fingerprint density at radius 1 is 0.829 bits per heavy atom. The van der Waals surface area contributed by atoms with E-state index in [2.05, 4.69) is 38.9 Å². The van der Waals surface area contributed by atoms with Crippen LogP contribution in [-0.2, 0) is 16.6 Å². The van der Waals surface area contributed by atoms with Crippen LogP contribution in [0, 0.1) is 0 Å². The van der Waals surface area contributed by atoms with Crippen molar-refractivity contribution >= 4 is 32.5 Å². The average molecular weight is 487 g/mol. The third kappa shape index (κ3) is 5.18. The van der Waals surface area contributed by atoms with Gasteiger partial charge >= 0.3 is 0 Å². The highest BCUT2D eigenvalue weighted by atomic mass is 32.2. The van der Waals surface area contributed by atoms with Crippen molar-refractivity contribution in [3.05, 3.63) is 102 Å². The van der Waals surface area contributed by atoms with E-state index in [1.54, 1.807) is 36.4 Å². The molecule has 5 rings (SSSR count). The first-order valence-electron chi connectivity index (χ1n) is 11.5. The summed E-state index contributed by atoms with van der Waals surface area (Å²) in [7, 11) is -3.72. The molecule has 0 atom stereocenters. The van der Waals surface area contributed by atoms with E-state index >= 15 is 0 Å². The van der Waals surface area contributed by atoms with Crippen molar-refractivity contribution in [3.63, 3.8) is 0 Å². The lowest BCUT2D eigenvalue weighted by Gasteiger charge is -2.35. The van der Waals surface area contributed by atoms with Crippen molar-refractivity contribution < 1.29 is 13.2 Å². The first-order chi connectivity index (χ1) is 17.0. The van der Waals surface area contributed by atoms with Gasteiger partial charge in [0.2, 0.25) is 0 Å². The second-order valence-electron chi connectivity index (χ2n) is 8.56. The number of fused-ring (bicyclic) bond motifs is 1. The van der Waals surface area contributed by atoms with Crippen LogP contribution in [0.2, 0.25) is 0 Å². The van der Waals surface area contributed by atoms with Gasteiger partial charge in [-0.25, -0.2) is 8.42 Å². The summed E-state index contributed by atoms with van der Waals surface area (Å²) < 4.78 is 27.8. The van der Waals surface area contributed by atoms with Gasteiger partial charge in [0, 0.05) is 55.6 Å². The van der Waals surface area contributed by atoms with E-state index in [0.29, 0.717) is 24.3 Å². The smallest absolute Gasteiger partial charge is 0.261 e. The Balaban J connectivity index is 1.20. The van der Waals surface area contributed by atoms with Gasteiger partial charge in [-0.3, -0.25) is 19.4 Å². The van der Waals surface area contributed by atoms with Gasteiger partial charge in [-0.05, 0) is 48.0 Å². The average Bonchev–Trinajstić information content (AvgIpc) is 2.89. The Morgan fingerprint density at radius 2 is 1.54 bits per heavy atom. The fraction of sp³-hybridized carbons (Fsp3) is 0.185. The van der Waals surface area contributed by atoms with E-state index in [1.165, 1.54) is 17.7 Å². The van der Waals surface area contributed by atoms with Gasteiger partial charge < -0.3 is 4.90 Å². The van der Waals surface area contributed by atoms with Crippen LogP contribution in [0.15, 0.2) is 96.0 Å². The molecule has 0 spiro atoms. The number of anilines is 1. The van der Waals surface area contributed by atoms with Crippen molar-refractivity contribution in [3.8, 4) is 0 Å². The highest BCUT2D eigenvalue weighted by Gasteiger charge is 2.23. The fourth-order valence-corrected chi connectivity index (χ4v) is 5.38. The number of nitrogens with zero attached hydrogens (tertiary/aromatic N) is 3. The van der Waals surface area contributed by atoms with Crippen LogP contribution in [0.1, 0.15) is 15.9 Å². The third-order valence-electron chi connectivity index (χ3n) is 6.21. The molecule has 35 heavy (non-hydrogen) atoms. The summed E-state index contributed by atoms with van der Waals surface area (Å²) in [6, 6.07) is 25.1. The second kappa shape index (κ2) is 9.85. The maximum Gasteiger partial charge on any atom is 0.261 e. The molecule has 0 aliphatic carbocycles. The number of carbonyl (C=O) groups is 1. The second-order valence-corrected chi connectivity index (χ2v) is 10.2. The highest BCUT2D eigenvalue weighted by molar-refractivity contribution is 7.92. The van der Waals surface area contributed by atoms with E-state index in [-0.39, 0.29) is 10.8 Å². The number of carbonyl (C=O) groups excluding carboxylic acids is 1. The number of pyridine rings is 1.